The number of nitrogen functional groups attached to an aromatic ring is 1. The SMILES string of the molecule is Cc1cc(-c2ccc(N)nc2)cc([C@@H]2CCCN(C(=O)CCc3cccc(Cl)c3)C2)n1. The van der Waals surface area contributed by atoms with E-state index in [1.165, 1.54) is 0 Å². The summed E-state index contributed by atoms with van der Waals surface area (Å²) in [7, 11) is 0. The van der Waals surface area contributed by atoms with Crippen LogP contribution in [-0.4, -0.2) is 33.9 Å². The summed E-state index contributed by atoms with van der Waals surface area (Å²) >= 11 is 6.06. The number of piperidine rings is 1. The number of aromatic nitrogens is 2. The summed E-state index contributed by atoms with van der Waals surface area (Å²) in [6, 6.07) is 15.7. The van der Waals surface area contributed by atoms with Crippen molar-refractivity contribution in [2.75, 3.05) is 18.8 Å². The van der Waals surface area contributed by atoms with Gasteiger partial charge in [-0.15, -0.1) is 0 Å². The Morgan fingerprint density at radius 1 is 1.19 bits per heavy atom. The van der Waals surface area contributed by atoms with Crippen molar-refractivity contribution in [3.63, 3.8) is 0 Å². The van der Waals surface area contributed by atoms with E-state index >= 15 is 0 Å². The van der Waals surface area contributed by atoms with E-state index in [1.807, 2.05) is 48.2 Å². The van der Waals surface area contributed by atoms with Gasteiger partial charge in [-0.1, -0.05) is 23.7 Å². The second kappa shape index (κ2) is 9.48. The average molecular weight is 435 g/mol. The highest BCUT2D eigenvalue weighted by Gasteiger charge is 2.26. The molecule has 0 radical (unpaired) electrons. The molecule has 1 saturated heterocycles. The van der Waals surface area contributed by atoms with E-state index in [4.69, 9.17) is 22.3 Å². The highest BCUT2D eigenvalue weighted by atomic mass is 35.5. The van der Waals surface area contributed by atoms with Gasteiger partial charge >= 0.3 is 0 Å². The molecule has 0 spiro atoms. The first kappa shape index (κ1) is 21.3. The molecule has 1 fully saturated rings. The molecule has 1 aromatic carbocycles. The van der Waals surface area contributed by atoms with Crippen molar-refractivity contribution in [1.29, 1.82) is 0 Å². The summed E-state index contributed by atoms with van der Waals surface area (Å²) in [5, 5.41) is 0.709. The first-order valence-electron chi connectivity index (χ1n) is 10.7. The topological polar surface area (TPSA) is 72.1 Å². The van der Waals surface area contributed by atoms with Crippen molar-refractivity contribution in [1.82, 2.24) is 14.9 Å². The zero-order chi connectivity index (χ0) is 21.8. The normalized spacial score (nSPS) is 16.3. The largest absolute Gasteiger partial charge is 0.384 e. The Kier molecular flexibility index (Phi) is 6.52. The zero-order valence-corrected chi connectivity index (χ0v) is 18.5. The van der Waals surface area contributed by atoms with Gasteiger partial charge in [-0.3, -0.25) is 9.78 Å². The predicted octanol–water partition coefficient (Wildman–Crippen LogP) is 5.03. The van der Waals surface area contributed by atoms with Gasteiger partial charge in [0.25, 0.3) is 0 Å². The van der Waals surface area contributed by atoms with E-state index in [1.54, 1.807) is 6.20 Å². The molecule has 2 N–H and O–H groups in total. The molecule has 4 rings (SSSR count). The number of anilines is 1. The van der Waals surface area contributed by atoms with E-state index in [0.717, 1.165) is 47.5 Å². The summed E-state index contributed by atoms with van der Waals surface area (Å²) in [5.74, 6) is 0.943. The number of pyridine rings is 2. The average Bonchev–Trinajstić information content (AvgIpc) is 2.78. The van der Waals surface area contributed by atoms with Crippen LogP contribution in [0.15, 0.2) is 54.7 Å². The van der Waals surface area contributed by atoms with Crippen molar-refractivity contribution in [2.45, 2.75) is 38.5 Å². The predicted molar refractivity (Wildman–Crippen MR) is 125 cm³/mol. The second-order valence-electron chi connectivity index (χ2n) is 8.20. The summed E-state index contributed by atoms with van der Waals surface area (Å²) in [5.41, 5.74) is 10.9. The van der Waals surface area contributed by atoms with Crippen molar-refractivity contribution >= 4 is 23.3 Å². The van der Waals surface area contributed by atoms with Gasteiger partial charge in [0, 0.05) is 53.6 Å². The van der Waals surface area contributed by atoms with Gasteiger partial charge in [-0.05, 0) is 73.7 Å². The number of halogens is 1. The van der Waals surface area contributed by atoms with Gasteiger partial charge in [-0.2, -0.15) is 0 Å². The minimum atomic E-state index is 0.195. The minimum absolute atomic E-state index is 0.195. The van der Waals surface area contributed by atoms with E-state index in [-0.39, 0.29) is 11.8 Å². The molecule has 3 aromatic rings. The van der Waals surface area contributed by atoms with Gasteiger partial charge < -0.3 is 10.6 Å². The van der Waals surface area contributed by atoms with Crippen LogP contribution < -0.4 is 5.73 Å². The van der Waals surface area contributed by atoms with Crippen LogP contribution in [0, 0.1) is 6.92 Å². The molecule has 31 heavy (non-hydrogen) atoms. The number of benzene rings is 1. The van der Waals surface area contributed by atoms with Gasteiger partial charge in [0.15, 0.2) is 0 Å². The molecule has 1 amide bonds. The maximum absolute atomic E-state index is 12.9. The summed E-state index contributed by atoms with van der Waals surface area (Å²) in [4.78, 5) is 23.9. The molecule has 3 heterocycles. The fourth-order valence-electron chi connectivity index (χ4n) is 4.19. The number of rotatable bonds is 5. The first-order chi connectivity index (χ1) is 15.0. The standard InChI is InChI=1S/C25H27ClN4O/c1-17-12-21(19-8-9-24(27)28-15-19)14-23(29-17)20-5-3-11-30(16-20)25(31)10-7-18-4-2-6-22(26)13-18/h2,4,6,8-9,12-15,20H,3,5,7,10-11,16H2,1H3,(H2,27,28)/t20-/m1/s1. The Bertz CT molecular complexity index is 1070. The van der Waals surface area contributed by atoms with Gasteiger partial charge in [0.05, 0.1) is 0 Å². The van der Waals surface area contributed by atoms with E-state index in [2.05, 4.69) is 17.1 Å². The fourth-order valence-corrected chi connectivity index (χ4v) is 4.41. The van der Waals surface area contributed by atoms with E-state index in [9.17, 15) is 4.79 Å². The van der Waals surface area contributed by atoms with E-state index < -0.39 is 0 Å². The molecule has 1 aliphatic heterocycles. The molecule has 0 saturated carbocycles. The van der Waals surface area contributed by atoms with Crippen LogP contribution in [0.25, 0.3) is 11.1 Å². The number of hydrogen-bond donors (Lipinski definition) is 1. The third-order valence-electron chi connectivity index (χ3n) is 5.80. The lowest BCUT2D eigenvalue weighted by Crippen LogP contribution is -2.39. The Morgan fingerprint density at radius 3 is 2.84 bits per heavy atom. The Labute approximate surface area is 188 Å². The number of nitrogens with two attached hydrogens (primary N) is 1. The van der Waals surface area contributed by atoms with Crippen LogP contribution in [0.3, 0.4) is 0 Å². The molecule has 2 aromatic heterocycles. The van der Waals surface area contributed by atoms with Crippen LogP contribution in [0.5, 0.6) is 0 Å². The molecule has 1 aliphatic rings. The van der Waals surface area contributed by atoms with Gasteiger partial charge in [0.1, 0.15) is 5.82 Å². The number of nitrogens with zero attached hydrogens (tertiary/aromatic N) is 3. The second-order valence-corrected chi connectivity index (χ2v) is 8.64. The summed E-state index contributed by atoms with van der Waals surface area (Å²) in [6.45, 7) is 3.53. The number of aryl methyl sites for hydroxylation is 2. The highest BCUT2D eigenvalue weighted by molar-refractivity contribution is 6.30. The lowest BCUT2D eigenvalue weighted by atomic mass is 9.92. The van der Waals surface area contributed by atoms with Crippen LogP contribution in [0.1, 0.15) is 42.1 Å². The summed E-state index contributed by atoms with van der Waals surface area (Å²) < 4.78 is 0. The van der Waals surface area contributed by atoms with Crippen molar-refractivity contribution < 1.29 is 4.79 Å². The number of likely N-dealkylation sites (tertiary alicyclic amines) is 1. The molecule has 1 atom stereocenters. The van der Waals surface area contributed by atoms with Gasteiger partial charge in [0.2, 0.25) is 5.91 Å². The number of carbonyl (C=O) groups excluding carboxylic acids is 1. The Hall–Kier alpha value is -2.92. The maximum atomic E-state index is 12.9. The number of hydrogen-bond acceptors (Lipinski definition) is 4. The third-order valence-corrected chi connectivity index (χ3v) is 6.04. The zero-order valence-electron chi connectivity index (χ0n) is 17.7. The third kappa shape index (κ3) is 5.42. The van der Waals surface area contributed by atoms with Crippen LogP contribution >= 0.6 is 11.6 Å². The Morgan fingerprint density at radius 2 is 2.06 bits per heavy atom. The molecule has 160 valence electrons. The quantitative estimate of drug-likeness (QED) is 0.611. The minimum Gasteiger partial charge on any atom is -0.384 e. The van der Waals surface area contributed by atoms with Crippen LogP contribution in [-0.2, 0) is 11.2 Å². The monoisotopic (exact) mass is 434 g/mol. The lowest BCUT2D eigenvalue weighted by Gasteiger charge is -2.33. The fraction of sp³-hybridized carbons (Fsp3) is 0.320. The van der Waals surface area contributed by atoms with Gasteiger partial charge in [-0.25, -0.2) is 4.98 Å². The molecule has 0 aliphatic carbocycles. The molecule has 0 unspecified atom stereocenters. The lowest BCUT2D eigenvalue weighted by molar-refractivity contribution is -0.132. The van der Waals surface area contributed by atoms with Crippen molar-refractivity contribution in [3.05, 3.63) is 76.7 Å². The van der Waals surface area contributed by atoms with Crippen molar-refractivity contribution in [2.24, 2.45) is 0 Å². The maximum Gasteiger partial charge on any atom is 0.222 e. The molecule has 0 bridgehead atoms. The molecular weight excluding hydrogens is 408 g/mol. The smallest absolute Gasteiger partial charge is 0.222 e. The van der Waals surface area contributed by atoms with Crippen LogP contribution in [0.2, 0.25) is 5.02 Å². The number of amides is 1. The van der Waals surface area contributed by atoms with E-state index in [0.29, 0.717) is 30.2 Å². The number of carbonyl (C=O) groups is 1. The van der Waals surface area contributed by atoms with Crippen LogP contribution in [0.4, 0.5) is 5.82 Å². The molecule has 6 heteroatoms. The highest BCUT2D eigenvalue weighted by Crippen LogP contribution is 2.30. The summed E-state index contributed by atoms with van der Waals surface area (Å²) in [6.07, 6.45) is 5.02. The Balaban J connectivity index is 1.45. The van der Waals surface area contributed by atoms with Crippen molar-refractivity contribution in [3.8, 4) is 11.1 Å². The first-order valence-corrected chi connectivity index (χ1v) is 11.1. The molecular formula is C25H27ClN4O. The molecule has 5 nitrogen and oxygen atoms in total.